The number of nitrogens with one attached hydrogen (secondary N) is 1. The molecule has 1 aromatic heterocycles. The number of fused-ring (bicyclic) bond motifs is 1. The van der Waals surface area contributed by atoms with E-state index in [1.54, 1.807) is 6.07 Å². The summed E-state index contributed by atoms with van der Waals surface area (Å²) in [7, 11) is 0. The van der Waals surface area contributed by atoms with Crippen LogP contribution in [0.2, 0.25) is 0 Å². The lowest BCUT2D eigenvalue weighted by atomic mass is 10.2. The number of benzene rings is 1. The van der Waals surface area contributed by atoms with Crippen LogP contribution in [0.15, 0.2) is 24.4 Å². The van der Waals surface area contributed by atoms with E-state index in [1.165, 1.54) is 0 Å². The van der Waals surface area contributed by atoms with E-state index >= 15 is 0 Å². The van der Waals surface area contributed by atoms with Gasteiger partial charge in [-0.3, -0.25) is 0 Å². The average Bonchev–Trinajstić information content (AvgIpc) is 2.45. The van der Waals surface area contributed by atoms with Crippen LogP contribution in [0.1, 0.15) is 0 Å². The predicted molar refractivity (Wildman–Crippen MR) is 47.1 cm³/mol. The maximum atomic E-state index is 5.72. The first kappa shape index (κ1) is 6.09. The van der Waals surface area contributed by atoms with Crippen LogP contribution in [0, 0.1) is 0 Å². The van der Waals surface area contributed by atoms with Gasteiger partial charge >= 0.3 is 0 Å². The van der Waals surface area contributed by atoms with Crippen LogP contribution in [-0.4, -0.2) is 4.98 Å². The Bertz CT molecular complexity index is 389. The fraction of sp³-hybridized carbons (Fsp3) is 0. The van der Waals surface area contributed by atoms with E-state index in [0.717, 1.165) is 10.9 Å². The number of anilines is 2. The lowest BCUT2D eigenvalue weighted by Gasteiger charge is -1.99. The van der Waals surface area contributed by atoms with Gasteiger partial charge < -0.3 is 16.5 Å². The van der Waals surface area contributed by atoms with Crippen LogP contribution in [0.3, 0.4) is 0 Å². The molecule has 1 aromatic carbocycles. The van der Waals surface area contributed by atoms with Crippen molar-refractivity contribution in [3.63, 3.8) is 0 Å². The number of aromatic nitrogens is 1. The number of H-pyrrole nitrogens is 1. The molecule has 0 atom stereocenters. The molecule has 0 aliphatic carbocycles. The van der Waals surface area contributed by atoms with Crippen LogP contribution < -0.4 is 11.5 Å². The number of hydrogen-bond donors (Lipinski definition) is 3. The molecule has 3 heteroatoms. The molecule has 56 valence electrons. The second kappa shape index (κ2) is 1.92. The van der Waals surface area contributed by atoms with Gasteiger partial charge in [-0.2, -0.15) is 0 Å². The largest absolute Gasteiger partial charge is 0.397 e. The molecule has 5 N–H and O–H groups in total. The highest BCUT2D eigenvalue weighted by Crippen LogP contribution is 2.24. The van der Waals surface area contributed by atoms with Crippen LogP contribution in [0.5, 0.6) is 0 Å². The van der Waals surface area contributed by atoms with Crippen molar-refractivity contribution in [3.05, 3.63) is 24.4 Å². The van der Waals surface area contributed by atoms with Gasteiger partial charge in [0.15, 0.2) is 0 Å². The molecule has 3 nitrogen and oxygen atoms in total. The van der Waals surface area contributed by atoms with Gasteiger partial charge in [-0.05, 0) is 18.2 Å². The molecule has 0 saturated heterocycles. The normalized spacial score (nSPS) is 10.5. The average molecular weight is 147 g/mol. The SMILES string of the molecule is Nc1ccc2[nH]ccc2c1N. The van der Waals surface area contributed by atoms with Crippen molar-refractivity contribution >= 4 is 22.3 Å². The number of nitrogens with two attached hydrogens (primary N) is 2. The Morgan fingerprint density at radius 1 is 1.09 bits per heavy atom. The third-order valence-electron chi connectivity index (χ3n) is 1.81. The zero-order chi connectivity index (χ0) is 7.84. The van der Waals surface area contributed by atoms with Gasteiger partial charge in [-0.15, -0.1) is 0 Å². The summed E-state index contributed by atoms with van der Waals surface area (Å²) < 4.78 is 0. The number of aromatic amines is 1. The van der Waals surface area contributed by atoms with E-state index in [9.17, 15) is 0 Å². The van der Waals surface area contributed by atoms with Crippen molar-refractivity contribution in [2.45, 2.75) is 0 Å². The molecule has 0 bridgehead atoms. The summed E-state index contributed by atoms with van der Waals surface area (Å²) in [5.74, 6) is 0. The smallest absolute Gasteiger partial charge is 0.0642 e. The summed E-state index contributed by atoms with van der Waals surface area (Å²) in [6.45, 7) is 0. The quantitative estimate of drug-likeness (QED) is 0.492. The van der Waals surface area contributed by atoms with E-state index in [4.69, 9.17) is 11.5 Å². The Balaban J connectivity index is 2.93. The van der Waals surface area contributed by atoms with E-state index in [0.29, 0.717) is 11.4 Å². The molecular weight excluding hydrogens is 138 g/mol. The Labute approximate surface area is 64.0 Å². The second-order valence-electron chi connectivity index (χ2n) is 2.51. The Morgan fingerprint density at radius 2 is 1.91 bits per heavy atom. The standard InChI is InChI=1S/C8H9N3/c9-6-1-2-7-5(8(6)10)3-4-11-7/h1-4,11H,9-10H2. The topological polar surface area (TPSA) is 67.8 Å². The fourth-order valence-electron chi connectivity index (χ4n) is 1.17. The lowest BCUT2D eigenvalue weighted by molar-refractivity contribution is 1.48. The van der Waals surface area contributed by atoms with Gasteiger partial charge in [0, 0.05) is 17.1 Å². The maximum absolute atomic E-state index is 5.72. The summed E-state index contributed by atoms with van der Waals surface area (Å²) in [4.78, 5) is 3.05. The highest BCUT2D eigenvalue weighted by molar-refractivity contribution is 5.96. The molecule has 0 aliphatic rings. The van der Waals surface area contributed by atoms with Crippen molar-refractivity contribution in [2.75, 3.05) is 11.5 Å². The molecule has 0 radical (unpaired) electrons. The monoisotopic (exact) mass is 147 g/mol. The molecule has 2 aromatic rings. The number of nitrogen functional groups attached to an aromatic ring is 2. The summed E-state index contributed by atoms with van der Waals surface area (Å²) in [5.41, 5.74) is 13.6. The van der Waals surface area contributed by atoms with E-state index in [-0.39, 0.29) is 0 Å². The van der Waals surface area contributed by atoms with Crippen molar-refractivity contribution in [1.29, 1.82) is 0 Å². The van der Waals surface area contributed by atoms with Crippen LogP contribution >= 0.6 is 0 Å². The van der Waals surface area contributed by atoms with Gasteiger partial charge in [-0.25, -0.2) is 0 Å². The van der Waals surface area contributed by atoms with Gasteiger partial charge in [0.2, 0.25) is 0 Å². The molecule has 0 spiro atoms. The molecule has 0 fully saturated rings. The highest BCUT2D eigenvalue weighted by Gasteiger charge is 2.00. The molecule has 11 heavy (non-hydrogen) atoms. The Kier molecular flexibility index (Phi) is 1.06. The molecule has 2 rings (SSSR count). The third kappa shape index (κ3) is 0.741. The summed E-state index contributed by atoms with van der Waals surface area (Å²) in [6.07, 6.45) is 1.85. The zero-order valence-corrected chi connectivity index (χ0v) is 5.96. The third-order valence-corrected chi connectivity index (χ3v) is 1.81. The summed E-state index contributed by atoms with van der Waals surface area (Å²) in [6, 6.07) is 5.64. The zero-order valence-electron chi connectivity index (χ0n) is 5.96. The molecule has 0 saturated carbocycles. The van der Waals surface area contributed by atoms with E-state index in [1.807, 2.05) is 18.3 Å². The first-order valence-corrected chi connectivity index (χ1v) is 3.40. The fourth-order valence-corrected chi connectivity index (χ4v) is 1.17. The Hall–Kier alpha value is -1.64. The van der Waals surface area contributed by atoms with Gasteiger partial charge in [-0.1, -0.05) is 0 Å². The van der Waals surface area contributed by atoms with Crippen molar-refractivity contribution < 1.29 is 0 Å². The molecule has 1 heterocycles. The summed E-state index contributed by atoms with van der Waals surface area (Å²) >= 11 is 0. The molecule has 0 aliphatic heterocycles. The Morgan fingerprint density at radius 3 is 2.73 bits per heavy atom. The van der Waals surface area contributed by atoms with Crippen LogP contribution in [0.4, 0.5) is 11.4 Å². The maximum Gasteiger partial charge on any atom is 0.0642 e. The molecule has 0 amide bonds. The summed E-state index contributed by atoms with van der Waals surface area (Å²) in [5, 5.41) is 0.991. The van der Waals surface area contributed by atoms with Crippen LogP contribution in [-0.2, 0) is 0 Å². The van der Waals surface area contributed by atoms with Gasteiger partial charge in [0.1, 0.15) is 0 Å². The predicted octanol–water partition coefficient (Wildman–Crippen LogP) is 1.33. The van der Waals surface area contributed by atoms with Crippen molar-refractivity contribution in [2.24, 2.45) is 0 Å². The van der Waals surface area contributed by atoms with E-state index in [2.05, 4.69) is 4.98 Å². The van der Waals surface area contributed by atoms with Crippen molar-refractivity contribution in [1.82, 2.24) is 4.98 Å². The minimum absolute atomic E-state index is 0.636. The van der Waals surface area contributed by atoms with Crippen molar-refractivity contribution in [3.8, 4) is 0 Å². The second-order valence-corrected chi connectivity index (χ2v) is 2.51. The lowest BCUT2D eigenvalue weighted by Crippen LogP contribution is -1.93. The van der Waals surface area contributed by atoms with Gasteiger partial charge in [0.25, 0.3) is 0 Å². The first-order chi connectivity index (χ1) is 5.29. The first-order valence-electron chi connectivity index (χ1n) is 3.40. The molecule has 0 unspecified atom stereocenters. The highest BCUT2D eigenvalue weighted by atomic mass is 14.7. The number of hydrogen-bond acceptors (Lipinski definition) is 2. The van der Waals surface area contributed by atoms with Crippen LogP contribution in [0.25, 0.3) is 10.9 Å². The minimum atomic E-state index is 0.636. The van der Waals surface area contributed by atoms with E-state index < -0.39 is 0 Å². The minimum Gasteiger partial charge on any atom is -0.397 e. The molecular formula is C8H9N3. The van der Waals surface area contributed by atoms with Gasteiger partial charge in [0.05, 0.1) is 11.4 Å². The number of rotatable bonds is 0.